The van der Waals surface area contributed by atoms with Crippen molar-refractivity contribution in [1.82, 2.24) is 0 Å². The van der Waals surface area contributed by atoms with Crippen LogP contribution in [0.1, 0.15) is 5.56 Å². The molecule has 2 aromatic carbocycles. The number of anilines is 2. The maximum atomic E-state index is 12.5. The van der Waals surface area contributed by atoms with Crippen molar-refractivity contribution in [1.29, 1.82) is 10.5 Å². The average Bonchev–Trinajstić information content (AvgIpc) is 2.59. The molecular formula is C16H11Cl2N5O2S. The summed E-state index contributed by atoms with van der Waals surface area (Å²) in [6.45, 7) is 1.84. The van der Waals surface area contributed by atoms with E-state index in [1.54, 1.807) is 24.3 Å². The first-order chi connectivity index (χ1) is 12.3. The van der Waals surface area contributed by atoms with Crippen LogP contribution in [-0.4, -0.2) is 14.1 Å². The topological polar surface area (TPSA) is 118 Å². The Kier molecular flexibility index (Phi) is 6.06. The highest BCUT2D eigenvalue weighted by Crippen LogP contribution is 2.34. The van der Waals surface area contributed by atoms with Gasteiger partial charge in [-0.05, 0) is 31.2 Å². The van der Waals surface area contributed by atoms with Gasteiger partial charge in [-0.3, -0.25) is 10.1 Å². The number of nitriles is 2. The van der Waals surface area contributed by atoms with Crippen molar-refractivity contribution in [3.8, 4) is 12.1 Å². The molecule has 2 aromatic rings. The molecule has 0 radical (unpaired) electrons. The van der Waals surface area contributed by atoms with Crippen molar-refractivity contribution < 1.29 is 8.42 Å². The lowest BCUT2D eigenvalue weighted by Crippen LogP contribution is -2.13. The number of halogens is 2. The molecule has 0 saturated carbocycles. The van der Waals surface area contributed by atoms with Gasteiger partial charge in [-0.25, -0.2) is 8.42 Å². The van der Waals surface area contributed by atoms with Crippen molar-refractivity contribution in [2.45, 2.75) is 11.8 Å². The second-order valence-corrected chi connectivity index (χ2v) is 7.52. The number of hydrogen-bond acceptors (Lipinski definition) is 6. The van der Waals surface area contributed by atoms with Crippen LogP contribution < -0.4 is 10.1 Å². The fourth-order valence-corrected chi connectivity index (χ4v) is 3.42. The molecular weight excluding hydrogens is 397 g/mol. The molecule has 10 heteroatoms. The van der Waals surface area contributed by atoms with Gasteiger partial charge in [0.1, 0.15) is 12.1 Å². The number of sulfonamides is 1. The fraction of sp³-hybridized carbons (Fsp3) is 0.0625. The minimum absolute atomic E-state index is 0.0600. The summed E-state index contributed by atoms with van der Waals surface area (Å²) in [4.78, 5) is 0.0675. The molecule has 0 fully saturated rings. The highest BCUT2D eigenvalue weighted by atomic mass is 35.5. The normalized spacial score (nSPS) is 10.3. The zero-order chi connectivity index (χ0) is 19.3. The number of hydrogen-bond donors (Lipinski definition) is 2. The third kappa shape index (κ3) is 4.64. The first-order valence-electron chi connectivity index (χ1n) is 6.99. The van der Waals surface area contributed by atoms with Crippen LogP contribution >= 0.6 is 23.2 Å². The molecule has 0 aliphatic carbocycles. The summed E-state index contributed by atoms with van der Waals surface area (Å²) in [6, 6.07) is 12.1. The molecule has 132 valence electrons. The van der Waals surface area contributed by atoms with E-state index in [9.17, 15) is 8.42 Å². The van der Waals surface area contributed by atoms with Gasteiger partial charge in [-0.15, -0.1) is 0 Å². The molecule has 0 unspecified atom stereocenters. The molecule has 0 atom stereocenters. The maximum Gasteiger partial charge on any atom is 0.261 e. The van der Waals surface area contributed by atoms with Gasteiger partial charge in [0.05, 0.1) is 26.3 Å². The Hall–Kier alpha value is -2.78. The van der Waals surface area contributed by atoms with Crippen LogP contribution in [0.2, 0.25) is 10.0 Å². The number of hydrazone groups is 1. The lowest BCUT2D eigenvalue weighted by molar-refractivity contribution is 0.601. The number of nitrogens with zero attached hydrogens (tertiary/aromatic N) is 3. The molecule has 2 rings (SSSR count). The van der Waals surface area contributed by atoms with E-state index in [-0.39, 0.29) is 26.3 Å². The Morgan fingerprint density at radius 2 is 1.62 bits per heavy atom. The van der Waals surface area contributed by atoms with Crippen LogP contribution in [0.15, 0.2) is 46.4 Å². The molecule has 26 heavy (non-hydrogen) atoms. The van der Waals surface area contributed by atoms with Gasteiger partial charge in [0.25, 0.3) is 10.0 Å². The number of nitrogens with one attached hydrogen (secondary N) is 2. The zero-order valence-electron chi connectivity index (χ0n) is 13.3. The van der Waals surface area contributed by atoms with Crippen molar-refractivity contribution in [2.24, 2.45) is 5.10 Å². The van der Waals surface area contributed by atoms with Gasteiger partial charge in [0.15, 0.2) is 0 Å². The molecule has 2 N–H and O–H groups in total. The Bertz CT molecular complexity index is 1040. The molecule has 0 saturated heterocycles. The van der Waals surface area contributed by atoms with Gasteiger partial charge < -0.3 is 0 Å². The Morgan fingerprint density at radius 3 is 2.19 bits per heavy atom. The SMILES string of the molecule is Cc1ccc(S(=O)(=O)Nc2cc(NN=C(C#N)C#N)c(Cl)cc2Cl)cc1. The van der Waals surface area contributed by atoms with E-state index in [2.05, 4.69) is 15.2 Å². The van der Waals surface area contributed by atoms with Crippen molar-refractivity contribution >= 4 is 50.3 Å². The van der Waals surface area contributed by atoms with Crippen LogP contribution in [0.4, 0.5) is 11.4 Å². The van der Waals surface area contributed by atoms with E-state index >= 15 is 0 Å². The predicted molar refractivity (Wildman–Crippen MR) is 101 cm³/mol. The van der Waals surface area contributed by atoms with E-state index in [1.807, 2.05) is 6.92 Å². The van der Waals surface area contributed by atoms with E-state index in [1.165, 1.54) is 24.3 Å². The summed E-state index contributed by atoms with van der Waals surface area (Å²) in [6.07, 6.45) is 0. The Morgan fingerprint density at radius 1 is 1.04 bits per heavy atom. The van der Waals surface area contributed by atoms with Gasteiger partial charge in [0.2, 0.25) is 5.71 Å². The smallest absolute Gasteiger partial charge is 0.261 e. The molecule has 0 bridgehead atoms. The van der Waals surface area contributed by atoms with Crippen LogP contribution in [0.25, 0.3) is 0 Å². The van der Waals surface area contributed by atoms with Crippen LogP contribution in [0.5, 0.6) is 0 Å². The Balaban J connectivity index is 2.37. The number of benzene rings is 2. The monoisotopic (exact) mass is 407 g/mol. The largest absolute Gasteiger partial charge is 0.278 e. The molecule has 7 nitrogen and oxygen atoms in total. The van der Waals surface area contributed by atoms with Crippen molar-refractivity contribution in [3.05, 3.63) is 52.0 Å². The summed E-state index contributed by atoms with van der Waals surface area (Å²) in [7, 11) is -3.87. The van der Waals surface area contributed by atoms with Crippen LogP contribution in [0.3, 0.4) is 0 Å². The van der Waals surface area contributed by atoms with E-state index < -0.39 is 15.7 Å². The van der Waals surface area contributed by atoms with Crippen molar-refractivity contribution in [3.63, 3.8) is 0 Å². The summed E-state index contributed by atoms with van der Waals surface area (Å²) >= 11 is 12.1. The van der Waals surface area contributed by atoms with Crippen LogP contribution in [-0.2, 0) is 10.0 Å². The van der Waals surface area contributed by atoms with E-state index in [0.717, 1.165) is 5.56 Å². The minimum atomic E-state index is -3.87. The van der Waals surface area contributed by atoms with Gasteiger partial charge >= 0.3 is 0 Å². The third-order valence-corrected chi connectivity index (χ3v) is 5.14. The summed E-state index contributed by atoms with van der Waals surface area (Å²) in [5.41, 5.74) is 3.16. The zero-order valence-corrected chi connectivity index (χ0v) is 15.6. The fourth-order valence-electron chi connectivity index (χ4n) is 1.83. The summed E-state index contributed by atoms with van der Waals surface area (Å²) < 4.78 is 27.3. The molecule has 0 aromatic heterocycles. The second-order valence-electron chi connectivity index (χ2n) is 5.03. The lowest BCUT2D eigenvalue weighted by atomic mass is 10.2. The first-order valence-corrected chi connectivity index (χ1v) is 9.23. The number of rotatable bonds is 5. The standard InChI is InChI=1S/C16H11Cl2N5O2S/c1-10-2-4-12(5-3-10)26(24,25)23-16-7-15(13(17)6-14(16)18)22-21-11(8-19)9-20/h2-7,22-23H,1H3. The highest BCUT2D eigenvalue weighted by molar-refractivity contribution is 7.92. The predicted octanol–water partition coefficient (Wildman–Crippen LogP) is 3.92. The molecule has 0 spiro atoms. The van der Waals surface area contributed by atoms with E-state index in [4.69, 9.17) is 33.7 Å². The maximum absolute atomic E-state index is 12.5. The average molecular weight is 408 g/mol. The quantitative estimate of drug-likeness (QED) is 0.574. The third-order valence-electron chi connectivity index (χ3n) is 3.13. The van der Waals surface area contributed by atoms with Gasteiger partial charge in [-0.1, -0.05) is 40.9 Å². The molecule has 0 heterocycles. The van der Waals surface area contributed by atoms with Gasteiger partial charge in [-0.2, -0.15) is 15.6 Å². The van der Waals surface area contributed by atoms with E-state index in [0.29, 0.717) is 0 Å². The number of aryl methyl sites for hydroxylation is 1. The van der Waals surface area contributed by atoms with Crippen LogP contribution in [0, 0.1) is 29.6 Å². The van der Waals surface area contributed by atoms with Crippen molar-refractivity contribution in [2.75, 3.05) is 10.1 Å². The molecule has 0 aliphatic rings. The molecule has 0 amide bonds. The highest BCUT2D eigenvalue weighted by Gasteiger charge is 2.17. The summed E-state index contributed by atoms with van der Waals surface area (Å²) in [5.74, 6) is 0. The first kappa shape index (κ1) is 19.5. The molecule has 0 aliphatic heterocycles. The summed E-state index contributed by atoms with van der Waals surface area (Å²) in [5, 5.41) is 21.1. The Labute approximate surface area is 160 Å². The lowest BCUT2D eigenvalue weighted by Gasteiger charge is -2.12. The minimum Gasteiger partial charge on any atom is -0.278 e. The van der Waals surface area contributed by atoms with Gasteiger partial charge in [0, 0.05) is 0 Å². The second kappa shape index (κ2) is 8.07.